The molecule has 1 aliphatic heterocycles. The van der Waals surface area contributed by atoms with Crippen LogP contribution in [-0.2, 0) is 17.8 Å². The lowest BCUT2D eigenvalue weighted by Gasteiger charge is -2.38. The summed E-state index contributed by atoms with van der Waals surface area (Å²) in [6.45, 7) is 1.78. The van der Waals surface area contributed by atoms with Gasteiger partial charge in [0, 0.05) is 31.3 Å². The van der Waals surface area contributed by atoms with E-state index in [0.717, 1.165) is 47.9 Å². The Bertz CT molecular complexity index is 1070. The molecule has 0 aliphatic carbocycles. The van der Waals surface area contributed by atoms with Gasteiger partial charge in [-0.1, -0.05) is 30.3 Å². The fourth-order valence-corrected chi connectivity index (χ4v) is 5.01. The van der Waals surface area contributed by atoms with Crippen molar-refractivity contribution in [2.75, 3.05) is 26.8 Å². The number of ether oxygens (including phenoxy) is 2. The van der Waals surface area contributed by atoms with Crippen molar-refractivity contribution in [2.45, 2.75) is 38.7 Å². The molecule has 1 N–H and O–H groups in total. The molecular weight excluding hydrogens is 428 g/mol. The van der Waals surface area contributed by atoms with Crippen LogP contribution < -0.4 is 4.74 Å². The van der Waals surface area contributed by atoms with Crippen molar-refractivity contribution in [3.05, 3.63) is 71.9 Å². The van der Waals surface area contributed by atoms with Gasteiger partial charge in [0.15, 0.2) is 0 Å². The number of likely N-dealkylation sites (tertiary alicyclic amines) is 1. The van der Waals surface area contributed by atoms with E-state index in [-0.39, 0.29) is 25.2 Å². The van der Waals surface area contributed by atoms with E-state index >= 15 is 0 Å². The molecule has 1 amide bonds. The molecule has 3 aromatic rings. The number of hydrogen-bond donors (Lipinski definition) is 1. The predicted molar refractivity (Wildman–Crippen MR) is 133 cm³/mol. The van der Waals surface area contributed by atoms with Gasteiger partial charge in [0.05, 0.1) is 12.6 Å². The smallest absolute Gasteiger partial charge is 0.410 e. The van der Waals surface area contributed by atoms with Gasteiger partial charge in [-0.05, 0) is 79.3 Å². The number of aryl methyl sites for hydroxylation is 1. The summed E-state index contributed by atoms with van der Waals surface area (Å²) in [5.74, 6) is 1.63. The minimum Gasteiger partial charge on any atom is -0.497 e. The van der Waals surface area contributed by atoms with Crippen LogP contribution in [0.1, 0.15) is 36.8 Å². The minimum absolute atomic E-state index is 0.142. The van der Waals surface area contributed by atoms with Crippen molar-refractivity contribution in [3.63, 3.8) is 0 Å². The number of carbonyl (C=O) groups is 1. The van der Waals surface area contributed by atoms with Crippen molar-refractivity contribution in [3.8, 4) is 5.75 Å². The van der Waals surface area contributed by atoms with Crippen LogP contribution in [0.15, 0.2) is 60.8 Å². The first-order chi connectivity index (χ1) is 16.7. The first-order valence-corrected chi connectivity index (χ1v) is 12.2. The lowest BCUT2D eigenvalue weighted by molar-refractivity contribution is 0.0552. The van der Waals surface area contributed by atoms with Crippen LogP contribution in [0.25, 0.3) is 10.9 Å². The Kier molecular flexibility index (Phi) is 8.36. The summed E-state index contributed by atoms with van der Waals surface area (Å²) >= 11 is 0. The Morgan fingerprint density at radius 2 is 1.97 bits per heavy atom. The first-order valence-electron chi connectivity index (χ1n) is 12.2. The highest BCUT2D eigenvalue weighted by molar-refractivity contribution is 5.83. The van der Waals surface area contributed by atoms with Gasteiger partial charge < -0.3 is 19.5 Å². The summed E-state index contributed by atoms with van der Waals surface area (Å²) < 4.78 is 10.9. The van der Waals surface area contributed by atoms with Gasteiger partial charge in [0.2, 0.25) is 0 Å². The second-order valence-corrected chi connectivity index (χ2v) is 9.05. The third-order valence-corrected chi connectivity index (χ3v) is 6.91. The number of piperidine rings is 1. The SMILES string of the molecule is COc1ccc2nccc(CCCC3CCN(C(=O)OCc4ccccc4)CC3CCO)c2c1. The number of amides is 1. The Morgan fingerprint density at radius 3 is 2.76 bits per heavy atom. The van der Waals surface area contributed by atoms with E-state index in [2.05, 4.69) is 17.1 Å². The second kappa shape index (κ2) is 11.8. The predicted octanol–water partition coefficient (Wildman–Crippen LogP) is 5.22. The molecule has 34 heavy (non-hydrogen) atoms. The quantitative estimate of drug-likeness (QED) is 0.472. The van der Waals surface area contributed by atoms with Crippen molar-refractivity contribution in [1.82, 2.24) is 9.88 Å². The van der Waals surface area contributed by atoms with Gasteiger partial charge in [-0.25, -0.2) is 4.79 Å². The first kappa shape index (κ1) is 24.0. The van der Waals surface area contributed by atoms with Crippen molar-refractivity contribution >= 4 is 17.0 Å². The molecule has 1 fully saturated rings. The molecular formula is C28H34N2O4. The topological polar surface area (TPSA) is 71.9 Å². The molecule has 2 heterocycles. The summed E-state index contributed by atoms with van der Waals surface area (Å²) in [5.41, 5.74) is 3.25. The standard InChI is InChI=1S/C28H34N2O4/c1-33-25-10-11-27-26(18-25)23(12-15-29-27)9-5-8-22-13-16-30(19-24(22)14-17-31)28(32)34-20-21-6-3-2-4-7-21/h2-4,6-7,10-12,15,18,22,24,31H,5,8-9,13-14,16-17,19-20H2,1H3. The number of fused-ring (bicyclic) bond motifs is 1. The highest BCUT2D eigenvalue weighted by atomic mass is 16.6. The van der Waals surface area contributed by atoms with Crippen molar-refractivity contribution < 1.29 is 19.4 Å². The molecule has 0 saturated carbocycles. The molecule has 0 bridgehead atoms. The molecule has 1 aliphatic rings. The monoisotopic (exact) mass is 462 g/mol. The summed E-state index contributed by atoms with van der Waals surface area (Å²) in [4.78, 5) is 18.9. The van der Waals surface area contributed by atoms with Crippen LogP contribution in [0.5, 0.6) is 5.75 Å². The number of aliphatic hydroxyl groups is 1. The van der Waals surface area contributed by atoms with Crippen molar-refractivity contribution in [1.29, 1.82) is 0 Å². The number of hydrogen-bond acceptors (Lipinski definition) is 5. The Morgan fingerprint density at radius 1 is 1.12 bits per heavy atom. The third-order valence-electron chi connectivity index (χ3n) is 6.91. The molecule has 180 valence electrons. The zero-order valence-electron chi connectivity index (χ0n) is 19.9. The number of methoxy groups -OCH3 is 1. The molecule has 6 heteroatoms. The van der Waals surface area contributed by atoms with E-state index in [1.165, 1.54) is 5.56 Å². The van der Waals surface area contributed by atoms with Gasteiger partial charge in [-0.2, -0.15) is 0 Å². The fraction of sp³-hybridized carbons (Fsp3) is 0.429. The van der Waals surface area contributed by atoms with E-state index in [9.17, 15) is 9.90 Å². The average Bonchev–Trinajstić information content (AvgIpc) is 2.88. The molecule has 0 radical (unpaired) electrons. The number of rotatable bonds is 9. The summed E-state index contributed by atoms with van der Waals surface area (Å²) in [6, 6.07) is 17.8. The molecule has 1 saturated heterocycles. The largest absolute Gasteiger partial charge is 0.497 e. The van der Waals surface area contributed by atoms with Gasteiger partial charge in [-0.3, -0.25) is 4.98 Å². The van der Waals surface area contributed by atoms with Crippen LogP contribution in [0.2, 0.25) is 0 Å². The van der Waals surface area contributed by atoms with Crippen LogP contribution >= 0.6 is 0 Å². The Hall–Kier alpha value is -3.12. The zero-order chi connectivity index (χ0) is 23.8. The molecule has 4 rings (SSSR count). The lowest BCUT2D eigenvalue weighted by Crippen LogP contribution is -2.44. The van der Waals surface area contributed by atoms with Gasteiger partial charge in [0.25, 0.3) is 0 Å². The number of nitrogens with zero attached hydrogens (tertiary/aromatic N) is 2. The Labute approximate surface area is 201 Å². The molecule has 2 atom stereocenters. The summed E-state index contributed by atoms with van der Waals surface area (Å²) in [7, 11) is 1.68. The van der Waals surface area contributed by atoms with Crippen LogP contribution in [-0.4, -0.2) is 47.9 Å². The van der Waals surface area contributed by atoms with Crippen LogP contribution in [0, 0.1) is 11.8 Å². The number of aliphatic hydroxyl groups excluding tert-OH is 1. The number of aromatic nitrogens is 1. The number of carbonyl (C=O) groups excluding carboxylic acids is 1. The number of pyridine rings is 1. The fourth-order valence-electron chi connectivity index (χ4n) is 5.01. The maximum atomic E-state index is 12.6. The van der Waals surface area contributed by atoms with E-state index in [1.54, 1.807) is 7.11 Å². The maximum absolute atomic E-state index is 12.6. The van der Waals surface area contributed by atoms with Gasteiger partial charge in [0.1, 0.15) is 12.4 Å². The third kappa shape index (κ3) is 6.06. The van der Waals surface area contributed by atoms with E-state index in [0.29, 0.717) is 25.4 Å². The maximum Gasteiger partial charge on any atom is 0.410 e. The second-order valence-electron chi connectivity index (χ2n) is 9.05. The van der Waals surface area contributed by atoms with Crippen molar-refractivity contribution in [2.24, 2.45) is 11.8 Å². The average molecular weight is 463 g/mol. The van der Waals surface area contributed by atoms with E-state index in [4.69, 9.17) is 9.47 Å². The number of benzene rings is 2. The summed E-state index contributed by atoms with van der Waals surface area (Å²) in [5, 5.41) is 10.8. The molecule has 0 spiro atoms. The Balaban J connectivity index is 1.31. The minimum atomic E-state index is -0.262. The highest BCUT2D eigenvalue weighted by Crippen LogP contribution is 2.32. The molecule has 1 aromatic heterocycles. The molecule has 2 aromatic carbocycles. The van der Waals surface area contributed by atoms with E-state index in [1.807, 2.05) is 53.6 Å². The van der Waals surface area contributed by atoms with Crippen LogP contribution in [0.3, 0.4) is 0 Å². The normalized spacial score (nSPS) is 18.1. The zero-order valence-corrected chi connectivity index (χ0v) is 19.9. The molecule has 2 unspecified atom stereocenters. The van der Waals surface area contributed by atoms with Crippen LogP contribution in [0.4, 0.5) is 4.79 Å². The van der Waals surface area contributed by atoms with E-state index < -0.39 is 0 Å². The van der Waals surface area contributed by atoms with Gasteiger partial charge in [-0.15, -0.1) is 0 Å². The summed E-state index contributed by atoms with van der Waals surface area (Å²) in [6.07, 6.45) is 6.36. The highest BCUT2D eigenvalue weighted by Gasteiger charge is 2.31. The molecule has 6 nitrogen and oxygen atoms in total. The lowest BCUT2D eigenvalue weighted by atomic mass is 9.80. The van der Waals surface area contributed by atoms with Gasteiger partial charge >= 0.3 is 6.09 Å².